The molecule has 1 saturated carbocycles. The van der Waals surface area contributed by atoms with E-state index in [-0.39, 0.29) is 0 Å². The lowest BCUT2D eigenvalue weighted by Gasteiger charge is -2.21. The molecule has 0 aliphatic heterocycles. The van der Waals surface area contributed by atoms with Gasteiger partial charge in [0.25, 0.3) is 0 Å². The third-order valence-corrected chi connectivity index (χ3v) is 4.09. The van der Waals surface area contributed by atoms with Crippen LogP contribution in [0.3, 0.4) is 0 Å². The number of hydrogen-bond acceptors (Lipinski definition) is 1. The normalized spacial score (nSPS) is 30.2. The van der Waals surface area contributed by atoms with Crippen LogP contribution in [0.5, 0.6) is 0 Å². The smallest absolute Gasteiger partial charge is 0.00696 e. The van der Waals surface area contributed by atoms with Crippen LogP contribution in [0.2, 0.25) is 0 Å². The van der Waals surface area contributed by atoms with Gasteiger partial charge in [-0.3, -0.25) is 0 Å². The van der Waals surface area contributed by atoms with Crippen LogP contribution in [0.1, 0.15) is 66.2 Å². The van der Waals surface area contributed by atoms with E-state index in [0.29, 0.717) is 6.04 Å². The van der Waals surface area contributed by atoms with Crippen molar-refractivity contribution in [1.29, 1.82) is 0 Å². The predicted octanol–water partition coefficient (Wildman–Crippen LogP) is 3.98. The Kier molecular flexibility index (Phi) is 5.66. The third kappa shape index (κ3) is 4.55. The first-order valence-corrected chi connectivity index (χ1v) is 6.89. The molecule has 15 heavy (non-hydrogen) atoms. The zero-order valence-electron chi connectivity index (χ0n) is 11.1. The Labute approximate surface area is 96.0 Å². The van der Waals surface area contributed by atoms with Crippen LogP contribution in [-0.4, -0.2) is 12.1 Å². The Balaban J connectivity index is 2.32. The summed E-state index contributed by atoms with van der Waals surface area (Å²) >= 11 is 0. The predicted molar refractivity (Wildman–Crippen MR) is 68.1 cm³/mol. The molecule has 1 rings (SSSR count). The molecule has 0 radical (unpaired) electrons. The number of hydrogen-bond donors (Lipinski definition) is 1. The van der Waals surface area contributed by atoms with Gasteiger partial charge in [-0.25, -0.2) is 0 Å². The van der Waals surface area contributed by atoms with Gasteiger partial charge in [0, 0.05) is 12.1 Å². The van der Waals surface area contributed by atoms with Gasteiger partial charge in [0.05, 0.1) is 0 Å². The van der Waals surface area contributed by atoms with Gasteiger partial charge in [0.15, 0.2) is 0 Å². The van der Waals surface area contributed by atoms with E-state index in [4.69, 9.17) is 0 Å². The molecule has 1 aliphatic carbocycles. The van der Waals surface area contributed by atoms with Crippen LogP contribution in [-0.2, 0) is 0 Å². The van der Waals surface area contributed by atoms with Crippen molar-refractivity contribution in [1.82, 2.24) is 5.32 Å². The number of nitrogens with one attached hydrogen (secondary N) is 1. The van der Waals surface area contributed by atoms with E-state index in [1.165, 1.54) is 38.5 Å². The van der Waals surface area contributed by atoms with Gasteiger partial charge in [-0.05, 0) is 44.4 Å². The molecule has 1 N–H and O–H groups in total. The van der Waals surface area contributed by atoms with Crippen molar-refractivity contribution < 1.29 is 0 Å². The fourth-order valence-corrected chi connectivity index (χ4v) is 2.68. The van der Waals surface area contributed by atoms with Crippen molar-refractivity contribution in [3.63, 3.8) is 0 Å². The molecule has 0 aromatic carbocycles. The molecule has 0 aromatic rings. The summed E-state index contributed by atoms with van der Waals surface area (Å²) in [6.45, 7) is 9.34. The molecule has 0 bridgehead atoms. The SMILES string of the molecule is CCC(C)NC1CCCC(C(C)C)CC1. The van der Waals surface area contributed by atoms with E-state index in [1.807, 2.05) is 0 Å². The van der Waals surface area contributed by atoms with Gasteiger partial charge in [-0.15, -0.1) is 0 Å². The van der Waals surface area contributed by atoms with Crippen molar-refractivity contribution in [2.24, 2.45) is 11.8 Å². The molecular weight excluding hydrogens is 182 g/mol. The van der Waals surface area contributed by atoms with Crippen molar-refractivity contribution in [2.75, 3.05) is 0 Å². The first-order chi connectivity index (χ1) is 7.13. The zero-order chi connectivity index (χ0) is 11.3. The zero-order valence-corrected chi connectivity index (χ0v) is 11.1. The van der Waals surface area contributed by atoms with Gasteiger partial charge in [-0.1, -0.05) is 33.6 Å². The Morgan fingerprint density at radius 1 is 1.07 bits per heavy atom. The number of rotatable bonds is 4. The molecule has 1 heteroatoms. The maximum atomic E-state index is 3.77. The Bertz CT molecular complexity index is 165. The molecule has 0 amide bonds. The highest BCUT2D eigenvalue weighted by Crippen LogP contribution is 2.28. The van der Waals surface area contributed by atoms with E-state index < -0.39 is 0 Å². The highest BCUT2D eigenvalue weighted by Gasteiger charge is 2.21. The summed E-state index contributed by atoms with van der Waals surface area (Å²) in [5.74, 6) is 1.86. The molecule has 0 heterocycles. The van der Waals surface area contributed by atoms with Crippen molar-refractivity contribution in [3.05, 3.63) is 0 Å². The molecule has 1 nitrogen and oxygen atoms in total. The minimum atomic E-state index is 0.700. The van der Waals surface area contributed by atoms with Gasteiger partial charge in [-0.2, -0.15) is 0 Å². The Morgan fingerprint density at radius 2 is 1.80 bits per heavy atom. The van der Waals surface area contributed by atoms with Crippen LogP contribution in [0.4, 0.5) is 0 Å². The van der Waals surface area contributed by atoms with Crippen LogP contribution in [0, 0.1) is 11.8 Å². The summed E-state index contributed by atoms with van der Waals surface area (Å²) in [5.41, 5.74) is 0. The summed E-state index contributed by atoms with van der Waals surface area (Å²) in [7, 11) is 0. The fraction of sp³-hybridized carbons (Fsp3) is 1.00. The lowest BCUT2D eigenvalue weighted by Crippen LogP contribution is -2.35. The average Bonchev–Trinajstić information content (AvgIpc) is 2.43. The van der Waals surface area contributed by atoms with Crippen molar-refractivity contribution >= 4 is 0 Å². The third-order valence-electron chi connectivity index (χ3n) is 4.09. The lowest BCUT2D eigenvalue weighted by atomic mass is 9.89. The van der Waals surface area contributed by atoms with E-state index >= 15 is 0 Å². The van der Waals surface area contributed by atoms with Gasteiger partial charge in [0.1, 0.15) is 0 Å². The highest BCUT2D eigenvalue weighted by atomic mass is 14.9. The maximum absolute atomic E-state index is 3.77. The molecule has 3 unspecified atom stereocenters. The topological polar surface area (TPSA) is 12.0 Å². The summed E-state index contributed by atoms with van der Waals surface area (Å²) in [4.78, 5) is 0. The maximum Gasteiger partial charge on any atom is 0.00696 e. The van der Waals surface area contributed by atoms with E-state index in [2.05, 4.69) is 33.0 Å². The molecule has 1 aliphatic rings. The standard InChI is InChI=1S/C14H29N/c1-5-12(4)15-14-8-6-7-13(9-10-14)11(2)3/h11-15H,5-10H2,1-4H3. The minimum absolute atomic E-state index is 0.700. The molecular formula is C14H29N. The van der Waals surface area contributed by atoms with Crippen LogP contribution >= 0.6 is 0 Å². The second-order valence-corrected chi connectivity index (χ2v) is 5.69. The lowest BCUT2D eigenvalue weighted by molar-refractivity contribution is 0.334. The Morgan fingerprint density at radius 3 is 2.40 bits per heavy atom. The summed E-state index contributed by atoms with van der Waals surface area (Å²) < 4.78 is 0. The van der Waals surface area contributed by atoms with E-state index in [0.717, 1.165) is 17.9 Å². The molecule has 3 atom stereocenters. The molecule has 0 aromatic heterocycles. The largest absolute Gasteiger partial charge is 0.312 e. The molecule has 90 valence electrons. The summed E-state index contributed by atoms with van der Waals surface area (Å²) in [6.07, 6.45) is 8.37. The highest BCUT2D eigenvalue weighted by molar-refractivity contribution is 4.78. The first-order valence-electron chi connectivity index (χ1n) is 6.89. The minimum Gasteiger partial charge on any atom is -0.312 e. The van der Waals surface area contributed by atoms with Crippen molar-refractivity contribution in [2.45, 2.75) is 78.3 Å². The Hall–Kier alpha value is -0.0400. The fourth-order valence-electron chi connectivity index (χ4n) is 2.68. The van der Waals surface area contributed by atoms with E-state index in [9.17, 15) is 0 Å². The monoisotopic (exact) mass is 211 g/mol. The molecule has 0 spiro atoms. The molecule has 0 saturated heterocycles. The average molecular weight is 211 g/mol. The quantitative estimate of drug-likeness (QED) is 0.694. The van der Waals surface area contributed by atoms with Gasteiger partial charge in [0.2, 0.25) is 0 Å². The van der Waals surface area contributed by atoms with Gasteiger partial charge >= 0.3 is 0 Å². The second kappa shape index (κ2) is 6.52. The van der Waals surface area contributed by atoms with Crippen LogP contribution in [0.15, 0.2) is 0 Å². The van der Waals surface area contributed by atoms with Crippen molar-refractivity contribution in [3.8, 4) is 0 Å². The van der Waals surface area contributed by atoms with Crippen LogP contribution < -0.4 is 5.32 Å². The summed E-state index contributed by atoms with van der Waals surface area (Å²) in [6, 6.07) is 1.49. The first kappa shape index (κ1) is 13.0. The second-order valence-electron chi connectivity index (χ2n) is 5.69. The van der Waals surface area contributed by atoms with Gasteiger partial charge < -0.3 is 5.32 Å². The van der Waals surface area contributed by atoms with Crippen LogP contribution in [0.25, 0.3) is 0 Å². The summed E-state index contributed by atoms with van der Waals surface area (Å²) in [5, 5.41) is 3.77. The molecule has 1 fully saturated rings. The van der Waals surface area contributed by atoms with E-state index in [1.54, 1.807) is 0 Å².